The Morgan fingerprint density at radius 1 is 1.38 bits per heavy atom. The number of ether oxygens (including phenoxy) is 1. The van der Waals surface area contributed by atoms with E-state index in [0.717, 1.165) is 0 Å². The molecule has 0 aliphatic carbocycles. The monoisotopic (exact) mass is 380 g/mol. The van der Waals surface area contributed by atoms with Crippen LogP contribution in [0.5, 0.6) is 0 Å². The summed E-state index contributed by atoms with van der Waals surface area (Å²) in [6.45, 7) is -0.637. The Morgan fingerprint density at radius 2 is 2.08 bits per heavy atom. The fourth-order valence-corrected chi connectivity index (χ4v) is 2.94. The van der Waals surface area contributed by atoms with Crippen molar-refractivity contribution >= 4 is 31.2 Å². The van der Waals surface area contributed by atoms with Gasteiger partial charge in [0.15, 0.2) is 16.5 Å². The van der Waals surface area contributed by atoms with Crippen LogP contribution in [-0.2, 0) is 13.8 Å². The van der Waals surface area contributed by atoms with Gasteiger partial charge in [-0.2, -0.15) is 0 Å². The van der Waals surface area contributed by atoms with Crippen LogP contribution in [0.15, 0.2) is 11.1 Å². The first-order chi connectivity index (χ1) is 11.2. The third kappa shape index (κ3) is 3.20. The molecule has 24 heavy (non-hydrogen) atoms. The highest BCUT2D eigenvalue weighted by Crippen LogP contribution is 2.38. The van der Waals surface area contributed by atoms with E-state index in [-0.39, 0.29) is 15.9 Å². The minimum absolute atomic E-state index is 0.0174. The fourth-order valence-electron chi connectivity index (χ4n) is 2.41. The van der Waals surface area contributed by atoms with Crippen LogP contribution in [0.4, 0.5) is 0 Å². The second-order valence-corrected chi connectivity index (χ2v) is 6.74. The van der Waals surface area contributed by atoms with Crippen molar-refractivity contribution in [2.45, 2.75) is 24.5 Å². The Kier molecular flexibility index (Phi) is 4.44. The zero-order valence-corrected chi connectivity index (χ0v) is 13.5. The van der Waals surface area contributed by atoms with Crippen LogP contribution >= 0.6 is 20.0 Å². The van der Waals surface area contributed by atoms with Gasteiger partial charge in [-0.15, -0.1) is 0 Å². The summed E-state index contributed by atoms with van der Waals surface area (Å²) >= 11 is 4.87. The molecule has 0 spiro atoms. The van der Waals surface area contributed by atoms with Crippen LogP contribution in [0.1, 0.15) is 6.23 Å². The van der Waals surface area contributed by atoms with Crippen molar-refractivity contribution in [2.24, 2.45) is 0 Å². The SMILES string of the molecule is O=c1[nH]c(=S)[nH]c2c1ncn2[C@H]1O[C@@H](COP(=O)(O)O)C(O)C1O. The van der Waals surface area contributed by atoms with Crippen LogP contribution in [0.2, 0.25) is 0 Å². The molecule has 12 nitrogen and oxygen atoms in total. The maximum atomic E-state index is 11.8. The van der Waals surface area contributed by atoms with E-state index in [0.29, 0.717) is 0 Å². The molecule has 1 aliphatic rings. The minimum atomic E-state index is -4.75. The molecule has 6 N–H and O–H groups in total. The summed E-state index contributed by atoms with van der Waals surface area (Å²) in [4.78, 5) is 38.1. The molecule has 2 unspecified atom stereocenters. The van der Waals surface area contributed by atoms with Crippen molar-refractivity contribution in [1.82, 2.24) is 19.5 Å². The van der Waals surface area contributed by atoms with Gasteiger partial charge in [0.05, 0.1) is 12.9 Å². The number of aromatic amines is 2. The Labute approximate surface area is 137 Å². The Morgan fingerprint density at radius 3 is 2.75 bits per heavy atom. The van der Waals surface area contributed by atoms with Crippen LogP contribution in [0.25, 0.3) is 11.2 Å². The molecule has 1 fully saturated rings. The molecule has 2 aromatic rings. The van der Waals surface area contributed by atoms with E-state index < -0.39 is 44.5 Å². The highest BCUT2D eigenvalue weighted by molar-refractivity contribution is 7.71. The average molecular weight is 380 g/mol. The number of phosphoric acid groups is 1. The van der Waals surface area contributed by atoms with Crippen molar-refractivity contribution in [2.75, 3.05) is 6.61 Å². The molecular formula is C10H13N4O8PS. The number of imidazole rings is 1. The van der Waals surface area contributed by atoms with Crippen molar-refractivity contribution in [1.29, 1.82) is 0 Å². The lowest BCUT2D eigenvalue weighted by Crippen LogP contribution is -2.33. The highest BCUT2D eigenvalue weighted by atomic mass is 32.1. The second-order valence-electron chi connectivity index (χ2n) is 5.09. The number of hydrogen-bond donors (Lipinski definition) is 6. The molecule has 0 radical (unpaired) electrons. The zero-order chi connectivity index (χ0) is 17.6. The normalized spacial score (nSPS) is 27.8. The first kappa shape index (κ1) is 17.4. The van der Waals surface area contributed by atoms with Crippen molar-refractivity contribution < 1.29 is 33.8 Å². The van der Waals surface area contributed by atoms with Gasteiger partial charge in [0.25, 0.3) is 5.56 Å². The maximum absolute atomic E-state index is 11.8. The molecule has 0 aromatic carbocycles. The largest absolute Gasteiger partial charge is 0.469 e. The second kappa shape index (κ2) is 6.13. The molecule has 132 valence electrons. The number of nitrogens with zero attached hydrogens (tertiary/aromatic N) is 2. The Hall–Kier alpha value is -1.44. The molecule has 0 saturated carbocycles. The highest BCUT2D eigenvalue weighted by Gasteiger charge is 2.45. The van der Waals surface area contributed by atoms with E-state index >= 15 is 0 Å². The quantitative estimate of drug-likeness (QED) is 0.270. The van der Waals surface area contributed by atoms with E-state index in [9.17, 15) is 19.6 Å². The van der Waals surface area contributed by atoms with Gasteiger partial charge < -0.3 is 29.7 Å². The van der Waals surface area contributed by atoms with Gasteiger partial charge in [-0.1, -0.05) is 0 Å². The van der Waals surface area contributed by atoms with Gasteiger partial charge in [-0.05, 0) is 12.2 Å². The lowest BCUT2D eigenvalue weighted by Gasteiger charge is -2.16. The summed E-state index contributed by atoms with van der Waals surface area (Å²) in [5.41, 5.74) is -0.359. The van der Waals surface area contributed by atoms with E-state index in [1.807, 2.05) is 0 Å². The summed E-state index contributed by atoms with van der Waals surface area (Å²) in [7, 11) is -4.75. The topological polar surface area (TPSA) is 183 Å². The van der Waals surface area contributed by atoms with Crippen LogP contribution in [0.3, 0.4) is 0 Å². The molecule has 3 rings (SSSR count). The number of fused-ring (bicyclic) bond motifs is 1. The first-order valence-electron chi connectivity index (χ1n) is 6.58. The number of nitrogens with one attached hydrogen (secondary N) is 2. The summed E-state index contributed by atoms with van der Waals surface area (Å²) < 4.78 is 21.7. The molecule has 14 heteroatoms. The van der Waals surface area contributed by atoms with Gasteiger partial charge in [-0.25, -0.2) is 9.55 Å². The number of H-pyrrole nitrogens is 2. The molecular weight excluding hydrogens is 367 g/mol. The molecule has 4 atom stereocenters. The van der Waals surface area contributed by atoms with E-state index in [1.165, 1.54) is 10.9 Å². The minimum Gasteiger partial charge on any atom is -0.387 e. The molecule has 0 amide bonds. The van der Waals surface area contributed by atoms with Crippen molar-refractivity contribution in [3.05, 3.63) is 21.5 Å². The predicted octanol–water partition coefficient (Wildman–Crippen LogP) is -1.49. The predicted molar refractivity (Wildman–Crippen MR) is 79.5 cm³/mol. The lowest BCUT2D eigenvalue weighted by atomic mass is 10.1. The average Bonchev–Trinajstić information content (AvgIpc) is 3.00. The third-order valence-corrected chi connectivity index (χ3v) is 4.18. The summed E-state index contributed by atoms with van der Waals surface area (Å²) in [5, 5.41) is 20.1. The first-order valence-corrected chi connectivity index (χ1v) is 8.52. The van der Waals surface area contributed by atoms with Crippen molar-refractivity contribution in [3.8, 4) is 0 Å². The van der Waals surface area contributed by atoms with Gasteiger partial charge in [0, 0.05) is 0 Å². The lowest BCUT2D eigenvalue weighted by molar-refractivity contribution is -0.0504. The van der Waals surface area contributed by atoms with Crippen LogP contribution < -0.4 is 5.56 Å². The third-order valence-electron chi connectivity index (χ3n) is 3.49. The zero-order valence-electron chi connectivity index (χ0n) is 11.8. The van der Waals surface area contributed by atoms with E-state index in [4.69, 9.17) is 26.7 Å². The van der Waals surface area contributed by atoms with Crippen LogP contribution in [-0.4, -0.2) is 64.4 Å². The van der Waals surface area contributed by atoms with Gasteiger partial charge >= 0.3 is 7.82 Å². The Bertz CT molecular complexity index is 917. The number of rotatable bonds is 4. The van der Waals surface area contributed by atoms with Crippen molar-refractivity contribution in [3.63, 3.8) is 0 Å². The molecule has 0 bridgehead atoms. The summed E-state index contributed by atoms with van der Waals surface area (Å²) in [6.07, 6.45) is -4.07. The molecule has 1 saturated heterocycles. The number of aliphatic hydroxyl groups is 2. The molecule has 3 heterocycles. The summed E-state index contributed by atoms with van der Waals surface area (Å²) in [6, 6.07) is 0. The number of hydrogen-bond acceptors (Lipinski definition) is 8. The number of aromatic nitrogens is 4. The Balaban J connectivity index is 1.92. The fraction of sp³-hybridized carbons (Fsp3) is 0.500. The van der Waals surface area contributed by atoms with E-state index in [1.54, 1.807) is 0 Å². The summed E-state index contributed by atoms with van der Waals surface area (Å²) in [5.74, 6) is 0. The smallest absolute Gasteiger partial charge is 0.387 e. The van der Waals surface area contributed by atoms with Crippen LogP contribution in [0, 0.1) is 4.77 Å². The maximum Gasteiger partial charge on any atom is 0.469 e. The molecule has 2 aromatic heterocycles. The van der Waals surface area contributed by atoms with E-state index in [2.05, 4.69) is 19.5 Å². The number of aliphatic hydroxyl groups excluding tert-OH is 2. The van der Waals surface area contributed by atoms with Gasteiger partial charge in [0.1, 0.15) is 24.0 Å². The van der Waals surface area contributed by atoms with Gasteiger partial charge in [0.2, 0.25) is 0 Å². The molecule has 1 aliphatic heterocycles. The number of phosphoric ester groups is 1. The standard InChI is InChI=1S/C10H13N4O8PS/c15-5-3(1-21-23(18,19)20)22-9(6(5)16)14-2-11-4-7(14)12-10(24)13-8(4)17/h2-3,5-6,9,15-16H,1H2,(H2,18,19,20)(H2,12,13,17,24)/t3-,5?,6?,9-/m0/s1. The van der Waals surface area contributed by atoms with Gasteiger partial charge in [-0.3, -0.25) is 18.9 Å².